The van der Waals surface area contributed by atoms with Crippen LogP contribution in [0.5, 0.6) is 5.75 Å². The van der Waals surface area contributed by atoms with E-state index in [2.05, 4.69) is 10.2 Å². The summed E-state index contributed by atoms with van der Waals surface area (Å²) in [6.07, 6.45) is 0. The lowest BCUT2D eigenvalue weighted by atomic mass is 9.85. The number of ether oxygens (including phenoxy) is 1. The first-order valence-electron chi connectivity index (χ1n) is 13.5. The Morgan fingerprint density at radius 1 is 0.619 bits per heavy atom. The van der Waals surface area contributed by atoms with Crippen LogP contribution in [0.15, 0.2) is 125 Å². The third kappa shape index (κ3) is 4.90. The molecule has 0 unspecified atom stereocenters. The van der Waals surface area contributed by atoms with Crippen LogP contribution in [0.3, 0.4) is 0 Å². The molecule has 0 aliphatic carbocycles. The van der Waals surface area contributed by atoms with E-state index in [9.17, 15) is 14.4 Å². The van der Waals surface area contributed by atoms with E-state index >= 15 is 0 Å². The predicted octanol–water partition coefficient (Wildman–Crippen LogP) is 5.66. The van der Waals surface area contributed by atoms with Gasteiger partial charge in [0.05, 0.1) is 28.1 Å². The van der Waals surface area contributed by atoms with Crippen LogP contribution in [0.1, 0.15) is 44.4 Å². The lowest BCUT2D eigenvalue weighted by Crippen LogP contribution is -2.25. The zero-order valence-corrected chi connectivity index (χ0v) is 23.1. The molecule has 0 amide bonds. The number of para-hydroxylation sites is 2. The molecule has 4 aromatic carbocycles. The zero-order chi connectivity index (χ0) is 29.2. The molecule has 0 radical (unpaired) electrons. The lowest BCUT2D eigenvalue weighted by molar-refractivity contribution is 0.0734. The number of esters is 1. The largest absolute Gasteiger partial charge is 0.423 e. The number of carbonyl (C=O) groups is 1. The minimum Gasteiger partial charge on any atom is -0.423 e. The van der Waals surface area contributed by atoms with E-state index < -0.39 is 11.9 Å². The van der Waals surface area contributed by atoms with Gasteiger partial charge in [-0.05, 0) is 67.9 Å². The topological polar surface area (TPSA) is 102 Å². The molecule has 8 heteroatoms. The zero-order valence-electron chi connectivity index (χ0n) is 23.1. The molecule has 6 rings (SSSR count). The molecule has 0 atom stereocenters. The molecule has 2 heterocycles. The van der Waals surface area contributed by atoms with Crippen molar-refractivity contribution in [2.24, 2.45) is 0 Å². The number of benzene rings is 4. The van der Waals surface area contributed by atoms with Gasteiger partial charge in [0.1, 0.15) is 5.75 Å². The molecule has 2 aromatic heterocycles. The second-order valence-electron chi connectivity index (χ2n) is 10.0. The molecule has 6 aromatic rings. The Morgan fingerprint density at radius 2 is 1.05 bits per heavy atom. The number of aromatic nitrogens is 4. The molecule has 208 valence electrons. The van der Waals surface area contributed by atoms with Crippen LogP contribution in [0.25, 0.3) is 11.4 Å². The van der Waals surface area contributed by atoms with Crippen molar-refractivity contribution in [3.63, 3.8) is 0 Å². The molecule has 8 nitrogen and oxygen atoms in total. The Labute approximate surface area is 241 Å². The SMILES string of the molecule is Cc1[nH]n(-c2ccccc2)c(=O)c1C(c1ccc(OC(=O)c2ccccc2)cc1)c1c(C)[nH]n(-c2ccccc2)c1=O. The standard InChI is InChI=1S/C34H28N4O4/c1-22-29(32(39)37(35-22)26-14-8-4-9-15-26)31(30-23(2)36-38(33(30)40)27-16-10-5-11-17-27)24-18-20-28(21-19-24)42-34(41)25-12-6-3-7-13-25/h3-21,31,35-36H,1-2H3. The van der Waals surface area contributed by atoms with Crippen molar-refractivity contribution < 1.29 is 9.53 Å². The van der Waals surface area contributed by atoms with Gasteiger partial charge in [0, 0.05) is 17.3 Å². The van der Waals surface area contributed by atoms with E-state index in [-0.39, 0.29) is 11.1 Å². The Kier molecular flexibility index (Phi) is 7.02. The van der Waals surface area contributed by atoms with Gasteiger partial charge < -0.3 is 4.74 Å². The average molecular weight is 557 g/mol. The van der Waals surface area contributed by atoms with Gasteiger partial charge in [-0.25, -0.2) is 14.2 Å². The van der Waals surface area contributed by atoms with Crippen molar-refractivity contribution in [3.8, 4) is 17.1 Å². The molecule has 0 aliphatic heterocycles. The highest BCUT2D eigenvalue weighted by atomic mass is 16.5. The maximum Gasteiger partial charge on any atom is 0.343 e. The number of nitrogens with zero attached hydrogens (tertiary/aromatic N) is 2. The van der Waals surface area contributed by atoms with Gasteiger partial charge in [0.25, 0.3) is 11.1 Å². The van der Waals surface area contributed by atoms with E-state index in [4.69, 9.17) is 4.74 Å². The van der Waals surface area contributed by atoms with Gasteiger partial charge in [-0.3, -0.25) is 19.8 Å². The van der Waals surface area contributed by atoms with Crippen LogP contribution in [0, 0.1) is 13.8 Å². The first kappa shape index (κ1) is 26.6. The van der Waals surface area contributed by atoms with Crippen LogP contribution in [0.4, 0.5) is 0 Å². The van der Waals surface area contributed by atoms with Crippen molar-refractivity contribution >= 4 is 5.97 Å². The number of hydrogen-bond donors (Lipinski definition) is 2. The molecule has 0 bridgehead atoms. The highest BCUT2D eigenvalue weighted by Gasteiger charge is 2.31. The maximum absolute atomic E-state index is 14.0. The molecule has 0 fully saturated rings. The summed E-state index contributed by atoms with van der Waals surface area (Å²) in [6.45, 7) is 3.66. The summed E-state index contributed by atoms with van der Waals surface area (Å²) in [5.74, 6) is -0.822. The van der Waals surface area contributed by atoms with Crippen molar-refractivity contribution in [2.45, 2.75) is 19.8 Å². The fourth-order valence-electron chi connectivity index (χ4n) is 5.26. The first-order chi connectivity index (χ1) is 20.4. The number of rotatable bonds is 7. The van der Waals surface area contributed by atoms with Crippen molar-refractivity contribution in [1.29, 1.82) is 0 Å². The van der Waals surface area contributed by atoms with Gasteiger partial charge in [-0.2, -0.15) is 0 Å². The molecule has 0 saturated carbocycles. The fourth-order valence-corrected chi connectivity index (χ4v) is 5.26. The maximum atomic E-state index is 14.0. The molecule has 42 heavy (non-hydrogen) atoms. The van der Waals surface area contributed by atoms with Crippen LogP contribution >= 0.6 is 0 Å². The summed E-state index contributed by atoms with van der Waals surface area (Å²) in [4.78, 5) is 40.6. The summed E-state index contributed by atoms with van der Waals surface area (Å²) < 4.78 is 8.57. The first-order valence-corrected chi connectivity index (χ1v) is 13.5. The summed E-state index contributed by atoms with van der Waals surface area (Å²) in [5, 5.41) is 6.40. The van der Waals surface area contributed by atoms with Gasteiger partial charge in [-0.15, -0.1) is 0 Å². The highest BCUT2D eigenvalue weighted by Crippen LogP contribution is 2.33. The number of hydrogen-bond acceptors (Lipinski definition) is 4. The summed E-state index contributed by atoms with van der Waals surface area (Å²) in [7, 11) is 0. The lowest BCUT2D eigenvalue weighted by Gasteiger charge is -2.16. The van der Waals surface area contributed by atoms with Crippen LogP contribution in [-0.4, -0.2) is 25.5 Å². The molecule has 0 saturated heterocycles. The molecule has 0 spiro atoms. The summed E-state index contributed by atoms with van der Waals surface area (Å²) >= 11 is 0. The van der Waals surface area contributed by atoms with E-state index in [1.54, 1.807) is 48.5 Å². The number of carbonyl (C=O) groups excluding carboxylic acids is 1. The van der Waals surface area contributed by atoms with Gasteiger partial charge in [-0.1, -0.05) is 66.7 Å². The minimum absolute atomic E-state index is 0.255. The number of aryl methyl sites for hydroxylation is 2. The van der Waals surface area contributed by atoms with E-state index in [1.165, 1.54) is 9.36 Å². The Bertz CT molecular complexity index is 1870. The normalized spacial score (nSPS) is 11.1. The molecular formula is C34H28N4O4. The van der Waals surface area contributed by atoms with Gasteiger partial charge >= 0.3 is 5.97 Å². The minimum atomic E-state index is -0.703. The Hall–Kier alpha value is -5.63. The third-order valence-electron chi connectivity index (χ3n) is 7.27. The van der Waals surface area contributed by atoms with Crippen molar-refractivity contribution in [2.75, 3.05) is 0 Å². The quantitative estimate of drug-likeness (QED) is 0.196. The van der Waals surface area contributed by atoms with Crippen LogP contribution in [0.2, 0.25) is 0 Å². The predicted molar refractivity (Wildman–Crippen MR) is 161 cm³/mol. The van der Waals surface area contributed by atoms with E-state index in [0.717, 1.165) is 0 Å². The number of aromatic amines is 2. The third-order valence-corrected chi connectivity index (χ3v) is 7.27. The average Bonchev–Trinajstić information content (AvgIpc) is 3.49. The molecular weight excluding hydrogens is 528 g/mol. The van der Waals surface area contributed by atoms with Crippen molar-refractivity contribution in [1.82, 2.24) is 19.6 Å². The molecule has 0 aliphatic rings. The second kappa shape index (κ2) is 11.1. The van der Waals surface area contributed by atoms with E-state index in [1.807, 2.05) is 80.6 Å². The number of H-pyrrole nitrogens is 2. The Balaban J connectivity index is 1.48. The van der Waals surface area contributed by atoms with E-state index in [0.29, 0.717) is 50.8 Å². The number of nitrogens with one attached hydrogen (secondary N) is 2. The smallest absolute Gasteiger partial charge is 0.343 e. The Morgan fingerprint density at radius 3 is 1.50 bits per heavy atom. The molecule has 2 N–H and O–H groups in total. The highest BCUT2D eigenvalue weighted by molar-refractivity contribution is 5.90. The van der Waals surface area contributed by atoms with Gasteiger partial charge in [0.15, 0.2) is 0 Å². The van der Waals surface area contributed by atoms with Crippen molar-refractivity contribution in [3.05, 3.63) is 170 Å². The van der Waals surface area contributed by atoms with Crippen LogP contribution < -0.4 is 15.9 Å². The summed E-state index contributed by atoms with van der Waals surface area (Å²) in [5.41, 5.74) is 4.18. The van der Waals surface area contributed by atoms with Gasteiger partial charge in [0.2, 0.25) is 0 Å². The summed E-state index contributed by atoms with van der Waals surface area (Å²) in [6, 6.07) is 34.3. The second-order valence-corrected chi connectivity index (χ2v) is 10.0. The fraction of sp³-hybridized carbons (Fsp3) is 0.0882. The van der Waals surface area contributed by atoms with Crippen LogP contribution in [-0.2, 0) is 0 Å². The monoisotopic (exact) mass is 556 g/mol.